The number of aromatic hydroxyl groups is 1. The molecular weight excluding hydrogens is 282 g/mol. The third-order valence-corrected chi connectivity index (χ3v) is 4.30. The number of phenolic OH excluding ortho intramolecular Hbond substituents is 1. The average Bonchev–Trinajstić information content (AvgIpc) is 2.58. The summed E-state index contributed by atoms with van der Waals surface area (Å²) in [5.41, 5.74) is 0.688. The van der Waals surface area contributed by atoms with Crippen LogP contribution in [-0.2, 0) is 9.53 Å². The molecule has 0 aliphatic carbocycles. The summed E-state index contributed by atoms with van der Waals surface area (Å²) in [6.07, 6.45) is 0. The van der Waals surface area contributed by atoms with E-state index in [2.05, 4.69) is 10.2 Å². The Labute approximate surface area is 130 Å². The quantitative estimate of drug-likeness (QED) is 0.835. The number of carbonyl (C=O) groups excluding carboxylic acids is 1. The standard InChI is InChI=1S/C16H23N3O3/c20-14-4-2-1-3-13(14)15(18-9-11-22-12-10-18)16(21)19-7-5-17-6-8-19/h1-4,15,17,20H,5-12H2. The van der Waals surface area contributed by atoms with E-state index < -0.39 is 6.04 Å². The zero-order chi connectivity index (χ0) is 15.4. The van der Waals surface area contributed by atoms with Crippen molar-refractivity contribution in [2.45, 2.75) is 6.04 Å². The van der Waals surface area contributed by atoms with E-state index in [1.165, 1.54) is 0 Å². The largest absolute Gasteiger partial charge is 0.508 e. The highest BCUT2D eigenvalue weighted by molar-refractivity contribution is 5.84. The van der Waals surface area contributed by atoms with Gasteiger partial charge in [0.15, 0.2) is 0 Å². The van der Waals surface area contributed by atoms with Crippen molar-refractivity contribution in [2.75, 3.05) is 52.5 Å². The predicted octanol–water partition coefficient (Wildman–Crippen LogP) is 0.197. The number of nitrogens with one attached hydrogen (secondary N) is 1. The van der Waals surface area contributed by atoms with Gasteiger partial charge in [0.1, 0.15) is 11.8 Å². The smallest absolute Gasteiger partial charge is 0.244 e. The maximum Gasteiger partial charge on any atom is 0.244 e. The highest BCUT2D eigenvalue weighted by Gasteiger charge is 2.34. The first-order chi connectivity index (χ1) is 10.8. The van der Waals surface area contributed by atoms with E-state index >= 15 is 0 Å². The van der Waals surface area contributed by atoms with Gasteiger partial charge in [-0.1, -0.05) is 18.2 Å². The van der Waals surface area contributed by atoms with E-state index in [1.807, 2.05) is 17.0 Å². The van der Waals surface area contributed by atoms with Crippen molar-refractivity contribution in [2.24, 2.45) is 0 Å². The summed E-state index contributed by atoms with van der Waals surface area (Å²) in [7, 11) is 0. The molecule has 2 saturated heterocycles. The molecule has 0 spiro atoms. The predicted molar refractivity (Wildman–Crippen MR) is 82.7 cm³/mol. The van der Waals surface area contributed by atoms with Gasteiger partial charge in [0.25, 0.3) is 0 Å². The summed E-state index contributed by atoms with van der Waals surface area (Å²) in [6.45, 7) is 5.73. The van der Waals surface area contributed by atoms with Crippen LogP contribution in [0.4, 0.5) is 0 Å². The van der Waals surface area contributed by atoms with Gasteiger partial charge in [-0.3, -0.25) is 9.69 Å². The van der Waals surface area contributed by atoms with Gasteiger partial charge in [0.2, 0.25) is 5.91 Å². The van der Waals surface area contributed by atoms with Crippen molar-refractivity contribution >= 4 is 5.91 Å². The van der Waals surface area contributed by atoms with E-state index in [-0.39, 0.29) is 11.7 Å². The number of para-hydroxylation sites is 1. The van der Waals surface area contributed by atoms with Gasteiger partial charge in [-0.2, -0.15) is 0 Å². The molecule has 2 fully saturated rings. The van der Waals surface area contributed by atoms with Gasteiger partial charge in [-0.15, -0.1) is 0 Å². The second-order valence-corrected chi connectivity index (χ2v) is 5.68. The Bertz CT molecular complexity index is 511. The molecule has 6 heteroatoms. The third-order valence-electron chi connectivity index (χ3n) is 4.30. The van der Waals surface area contributed by atoms with Crippen LogP contribution in [0, 0.1) is 0 Å². The second kappa shape index (κ2) is 7.09. The van der Waals surface area contributed by atoms with Crippen molar-refractivity contribution in [1.82, 2.24) is 15.1 Å². The van der Waals surface area contributed by atoms with Crippen molar-refractivity contribution in [3.8, 4) is 5.75 Å². The Balaban J connectivity index is 1.88. The zero-order valence-electron chi connectivity index (χ0n) is 12.7. The summed E-state index contributed by atoms with van der Waals surface area (Å²) in [5, 5.41) is 13.5. The summed E-state index contributed by atoms with van der Waals surface area (Å²) >= 11 is 0. The molecule has 0 saturated carbocycles. The minimum absolute atomic E-state index is 0.0740. The lowest BCUT2D eigenvalue weighted by molar-refractivity contribution is -0.139. The number of morpholine rings is 1. The second-order valence-electron chi connectivity index (χ2n) is 5.68. The van der Waals surface area contributed by atoms with Gasteiger partial charge in [-0.05, 0) is 6.07 Å². The maximum absolute atomic E-state index is 13.1. The van der Waals surface area contributed by atoms with Crippen LogP contribution in [0.1, 0.15) is 11.6 Å². The van der Waals surface area contributed by atoms with E-state index in [9.17, 15) is 9.90 Å². The molecule has 2 heterocycles. The van der Waals surface area contributed by atoms with E-state index in [4.69, 9.17) is 4.74 Å². The van der Waals surface area contributed by atoms with Gasteiger partial charge in [-0.25, -0.2) is 0 Å². The minimum Gasteiger partial charge on any atom is -0.508 e. The molecule has 2 aliphatic heterocycles. The van der Waals surface area contributed by atoms with Gasteiger partial charge in [0.05, 0.1) is 13.2 Å². The Morgan fingerprint density at radius 2 is 1.82 bits per heavy atom. The van der Waals surface area contributed by atoms with Crippen LogP contribution in [0.2, 0.25) is 0 Å². The van der Waals surface area contributed by atoms with Crippen LogP contribution >= 0.6 is 0 Å². The first kappa shape index (κ1) is 15.3. The minimum atomic E-state index is -0.428. The maximum atomic E-state index is 13.1. The Morgan fingerprint density at radius 3 is 2.50 bits per heavy atom. The van der Waals surface area contributed by atoms with Gasteiger partial charge >= 0.3 is 0 Å². The Hall–Kier alpha value is -1.63. The fourth-order valence-electron chi connectivity index (χ4n) is 3.10. The van der Waals surface area contributed by atoms with Crippen LogP contribution in [0.3, 0.4) is 0 Å². The van der Waals surface area contributed by atoms with Crippen LogP contribution in [0.5, 0.6) is 5.75 Å². The van der Waals surface area contributed by atoms with Crippen molar-refractivity contribution in [1.29, 1.82) is 0 Å². The molecule has 1 amide bonds. The highest BCUT2D eigenvalue weighted by atomic mass is 16.5. The molecule has 0 aromatic heterocycles. The molecule has 1 atom stereocenters. The number of piperazine rings is 1. The first-order valence-electron chi connectivity index (χ1n) is 7.86. The number of carbonyl (C=O) groups is 1. The number of rotatable bonds is 3. The number of phenols is 1. The van der Waals surface area contributed by atoms with Crippen LogP contribution < -0.4 is 5.32 Å². The highest BCUT2D eigenvalue weighted by Crippen LogP contribution is 2.30. The molecule has 3 rings (SSSR count). The number of nitrogens with zero attached hydrogens (tertiary/aromatic N) is 2. The molecule has 1 aromatic rings. The summed E-state index contributed by atoms with van der Waals surface area (Å²) in [4.78, 5) is 17.1. The van der Waals surface area contributed by atoms with Crippen molar-refractivity contribution < 1.29 is 14.6 Å². The lowest BCUT2D eigenvalue weighted by Gasteiger charge is -2.38. The van der Waals surface area contributed by atoms with Crippen LogP contribution in [-0.4, -0.2) is 73.3 Å². The molecule has 0 bridgehead atoms. The monoisotopic (exact) mass is 305 g/mol. The number of amides is 1. The molecule has 6 nitrogen and oxygen atoms in total. The molecule has 22 heavy (non-hydrogen) atoms. The molecule has 2 aliphatic rings. The third kappa shape index (κ3) is 3.24. The normalized spacial score (nSPS) is 21.5. The molecule has 1 unspecified atom stereocenters. The molecule has 1 aromatic carbocycles. The summed E-state index contributed by atoms with van der Waals surface area (Å²) < 4.78 is 5.40. The number of benzene rings is 1. The van der Waals surface area contributed by atoms with Crippen LogP contribution in [0.25, 0.3) is 0 Å². The molecular formula is C16H23N3O3. The summed E-state index contributed by atoms with van der Waals surface area (Å²) in [6, 6.07) is 6.71. The first-order valence-corrected chi connectivity index (χ1v) is 7.86. The lowest BCUT2D eigenvalue weighted by Crippen LogP contribution is -2.52. The van der Waals surface area contributed by atoms with E-state index in [0.717, 1.165) is 13.1 Å². The molecule has 120 valence electrons. The van der Waals surface area contributed by atoms with Gasteiger partial charge in [0, 0.05) is 44.8 Å². The van der Waals surface area contributed by atoms with Crippen LogP contribution in [0.15, 0.2) is 24.3 Å². The fraction of sp³-hybridized carbons (Fsp3) is 0.562. The van der Waals surface area contributed by atoms with Crippen molar-refractivity contribution in [3.63, 3.8) is 0 Å². The van der Waals surface area contributed by atoms with Gasteiger partial charge < -0.3 is 20.1 Å². The number of ether oxygens (including phenoxy) is 1. The lowest BCUT2D eigenvalue weighted by atomic mass is 10.0. The topological polar surface area (TPSA) is 65.0 Å². The number of hydrogen-bond donors (Lipinski definition) is 2. The summed E-state index contributed by atoms with van der Waals surface area (Å²) in [5.74, 6) is 0.257. The Morgan fingerprint density at radius 1 is 1.14 bits per heavy atom. The molecule has 0 radical (unpaired) electrons. The average molecular weight is 305 g/mol. The van der Waals surface area contributed by atoms with Crippen molar-refractivity contribution in [3.05, 3.63) is 29.8 Å². The number of hydrogen-bond acceptors (Lipinski definition) is 5. The van der Waals surface area contributed by atoms with E-state index in [1.54, 1.807) is 12.1 Å². The fourth-order valence-corrected chi connectivity index (χ4v) is 3.10. The SMILES string of the molecule is O=C(C(c1ccccc1O)N1CCOCC1)N1CCNCC1. The van der Waals surface area contributed by atoms with E-state index in [0.29, 0.717) is 45.0 Å². The molecule has 2 N–H and O–H groups in total. The zero-order valence-corrected chi connectivity index (χ0v) is 12.7. The Kier molecular flexibility index (Phi) is 4.92.